The molecule has 0 aliphatic heterocycles. The maximum Gasteiger partial charge on any atom is 0.226 e. The lowest BCUT2D eigenvalue weighted by atomic mass is 9.59. The third-order valence-electron chi connectivity index (χ3n) is 6.51. The van der Waals surface area contributed by atoms with Gasteiger partial charge in [0, 0.05) is 11.6 Å². The highest BCUT2D eigenvalue weighted by Crippen LogP contribution is 2.53. The van der Waals surface area contributed by atoms with Crippen molar-refractivity contribution in [3.63, 3.8) is 0 Å². The molecule has 0 heterocycles. The molecular formula is C25H28ClNO3. The van der Waals surface area contributed by atoms with Crippen LogP contribution in [0.1, 0.15) is 49.7 Å². The zero-order valence-corrected chi connectivity index (χ0v) is 18.0. The summed E-state index contributed by atoms with van der Waals surface area (Å²) in [6.07, 6.45) is 6.52. The highest BCUT2D eigenvalue weighted by molar-refractivity contribution is 6.30. The number of allylic oxidation sites excluding steroid dienone is 2. The molecule has 30 heavy (non-hydrogen) atoms. The van der Waals surface area contributed by atoms with Gasteiger partial charge in [-0.2, -0.15) is 0 Å². The average molecular weight is 426 g/mol. The fourth-order valence-corrected chi connectivity index (χ4v) is 5.39. The van der Waals surface area contributed by atoms with E-state index >= 15 is 0 Å². The summed E-state index contributed by atoms with van der Waals surface area (Å²) in [5, 5.41) is 23.0. The van der Waals surface area contributed by atoms with Crippen LogP contribution in [-0.2, 0) is 11.2 Å². The molecule has 1 fully saturated rings. The topological polar surface area (TPSA) is 69.6 Å². The van der Waals surface area contributed by atoms with Gasteiger partial charge in [0.05, 0.1) is 5.41 Å². The predicted octanol–water partition coefficient (Wildman–Crippen LogP) is 5.33. The number of carbonyl (C=O) groups is 1. The lowest BCUT2D eigenvalue weighted by Crippen LogP contribution is -2.47. The number of halogens is 1. The van der Waals surface area contributed by atoms with Crippen LogP contribution in [-0.4, -0.2) is 22.7 Å². The van der Waals surface area contributed by atoms with Gasteiger partial charge >= 0.3 is 0 Å². The van der Waals surface area contributed by atoms with Gasteiger partial charge in [-0.3, -0.25) is 4.79 Å². The molecule has 1 saturated carbocycles. The molecule has 158 valence electrons. The van der Waals surface area contributed by atoms with Crippen molar-refractivity contribution in [2.45, 2.75) is 44.9 Å². The van der Waals surface area contributed by atoms with Crippen molar-refractivity contribution in [3.05, 3.63) is 70.3 Å². The zero-order valence-electron chi connectivity index (χ0n) is 17.2. The number of rotatable bonds is 5. The number of phenols is 2. The SMILES string of the molecule is C[C@H]1C=C2C[C@H](c3ccc(Cl)cc3)C[C@](C(=O)NCCc3ccc(O)c(O)c3)(C2)C1. The molecule has 0 unspecified atom stereocenters. The fraction of sp³-hybridized carbons (Fsp3) is 0.400. The normalized spacial score (nSPS) is 25.5. The molecule has 0 radical (unpaired) electrons. The number of amides is 1. The summed E-state index contributed by atoms with van der Waals surface area (Å²) < 4.78 is 0. The number of aromatic hydroxyl groups is 2. The Labute approximate surface area is 182 Å². The third-order valence-corrected chi connectivity index (χ3v) is 6.76. The van der Waals surface area contributed by atoms with Gasteiger partial charge in [-0.05, 0) is 79.3 Å². The van der Waals surface area contributed by atoms with Crippen LogP contribution < -0.4 is 5.32 Å². The second kappa shape index (κ2) is 8.35. The summed E-state index contributed by atoms with van der Waals surface area (Å²) in [6.45, 7) is 2.70. The predicted molar refractivity (Wildman–Crippen MR) is 119 cm³/mol. The smallest absolute Gasteiger partial charge is 0.226 e. The van der Waals surface area contributed by atoms with Gasteiger partial charge in [0.2, 0.25) is 5.91 Å². The molecule has 2 aliphatic carbocycles. The maximum absolute atomic E-state index is 13.4. The quantitative estimate of drug-likeness (QED) is 0.448. The standard InChI is InChI=1S/C25H28ClNO3/c1-16-10-18-11-20(19-3-5-21(26)6-4-19)15-25(13-16,14-18)24(30)27-9-8-17-2-7-22(28)23(29)12-17/h2-7,10,12,16,20,28-29H,8-9,11,13-15H2,1H3,(H,27,30)/t16-,20-,25+/m0/s1. The largest absolute Gasteiger partial charge is 0.504 e. The van der Waals surface area contributed by atoms with Gasteiger partial charge in [0.15, 0.2) is 11.5 Å². The lowest BCUT2D eigenvalue weighted by Gasteiger charge is -2.45. The summed E-state index contributed by atoms with van der Waals surface area (Å²) in [6, 6.07) is 12.8. The Morgan fingerprint density at radius 3 is 2.63 bits per heavy atom. The van der Waals surface area contributed by atoms with Gasteiger partial charge < -0.3 is 15.5 Å². The molecule has 5 heteroatoms. The first-order valence-electron chi connectivity index (χ1n) is 10.6. The highest BCUT2D eigenvalue weighted by atomic mass is 35.5. The highest BCUT2D eigenvalue weighted by Gasteiger charge is 2.47. The second-order valence-electron chi connectivity index (χ2n) is 8.95. The minimum Gasteiger partial charge on any atom is -0.504 e. The van der Waals surface area contributed by atoms with E-state index in [1.54, 1.807) is 12.1 Å². The maximum atomic E-state index is 13.4. The molecule has 0 saturated heterocycles. The number of hydrogen-bond donors (Lipinski definition) is 3. The average Bonchev–Trinajstić information content (AvgIpc) is 2.70. The number of hydrogen-bond acceptors (Lipinski definition) is 3. The van der Waals surface area contributed by atoms with Crippen molar-refractivity contribution >= 4 is 17.5 Å². The van der Waals surface area contributed by atoms with Crippen molar-refractivity contribution < 1.29 is 15.0 Å². The van der Waals surface area contributed by atoms with Crippen LogP contribution in [0, 0.1) is 11.3 Å². The Morgan fingerprint density at radius 1 is 1.13 bits per heavy atom. The zero-order chi connectivity index (χ0) is 21.3. The molecular weight excluding hydrogens is 398 g/mol. The number of nitrogens with one attached hydrogen (secondary N) is 1. The van der Waals surface area contributed by atoms with Crippen LogP contribution in [0.3, 0.4) is 0 Å². The Balaban J connectivity index is 1.47. The first kappa shape index (κ1) is 20.8. The molecule has 3 N–H and O–H groups in total. The Kier molecular flexibility index (Phi) is 5.79. The molecule has 0 spiro atoms. The van der Waals surface area contributed by atoms with Crippen LogP contribution in [0.25, 0.3) is 0 Å². The number of carbonyl (C=O) groups excluding carboxylic acids is 1. The summed E-state index contributed by atoms with van der Waals surface area (Å²) in [4.78, 5) is 13.4. The van der Waals surface area contributed by atoms with E-state index in [1.165, 1.54) is 17.2 Å². The molecule has 3 atom stereocenters. The Hall–Kier alpha value is -2.46. The van der Waals surface area contributed by atoms with E-state index in [4.69, 9.17) is 11.6 Å². The van der Waals surface area contributed by atoms with Crippen LogP contribution in [0.15, 0.2) is 54.1 Å². The van der Waals surface area contributed by atoms with Gasteiger partial charge in [-0.15, -0.1) is 0 Å². The van der Waals surface area contributed by atoms with Crippen molar-refractivity contribution in [2.24, 2.45) is 11.3 Å². The van der Waals surface area contributed by atoms with E-state index in [2.05, 4.69) is 30.4 Å². The molecule has 2 bridgehead atoms. The van der Waals surface area contributed by atoms with Gasteiger partial charge in [0.1, 0.15) is 0 Å². The molecule has 2 aliphatic rings. The first-order chi connectivity index (χ1) is 14.3. The first-order valence-corrected chi connectivity index (χ1v) is 11.0. The van der Waals surface area contributed by atoms with E-state index in [-0.39, 0.29) is 22.8 Å². The molecule has 2 aromatic carbocycles. The van der Waals surface area contributed by atoms with Gasteiger partial charge in [-0.1, -0.05) is 48.4 Å². The number of benzene rings is 2. The van der Waals surface area contributed by atoms with E-state index in [0.29, 0.717) is 24.8 Å². The van der Waals surface area contributed by atoms with Gasteiger partial charge in [0.25, 0.3) is 0 Å². The summed E-state index contributed by atoms with van der Waals surface area (Å²) in [5.41, 5.74) is 3.14. The van der Waals surface area contributed by atoms with Crippen molar-refractivity contribution in [1.82, 2.24) is 5.32 Å². The van der Waals surface area contributed by atoms with E-state index in [0.717, 1.165) is 36.3 Å². The van der Waals surface area contributed by atoms with Gasteiger partial charge in [-0.25, -0.2) is 0 Å². The number of phenolic OH excluding ortho intramolecular Hbond substituents is 2. The lowest BCUT2D eigenvalue weighted by molar-refractivity contribution is -0.133. The third kappa shape index (κ3) is 4.34. The summed E-state index contributed by atoms with van der Waals surface area (Å²) in [5.74, 6) is 0.593. The molecule has 2 aromatic rings. The van der Waals surface area contributed by atoms with Crippen molar-refractivity contribution in [3.8, 4) is 11.5 Å². The van der Waals surface area contributed by atoms with Crippen LogP contribution >= 0.6 is 11.6 Å². The summed E-state index contributed by atoms with van der Waals surface area (Å²) in [7, 11) is 0. The molecule has 0 aromatic heterocycles. The second-order valence-corrected chi connectivity index (χ2v) is 9.39. The van der Waals surface area contributed by atoms with Crippen LogP contribution in [0.4, 0.5) is 0 Å². The fourth-order valence-electron chi connectivity index (χ4n) is 5.27. The molecule has 4 nitrogen and oxygen atoms in total. The van der Waals surface area contributed by atoms with E-state index < -0.39 is 0 Å². The Bertz CT molecular complexity index is 969. The van der Waals surface area contributed by atoms with Crippen LogP contribution in [0.5, 0.6) is 11.5 Å². The molecule has 4 rings (SSSR count). The minimum atomic E-state index is -0.372. The molecule has 1 amide bonds. The van der Waals surface area contributed by atoms with Crippen molar-refractivity contribution in [1.29, 1.82) is 0 Å². The monoisotopic (exact) mass is 425 g/mol. The van der Waals surface area contributed by atoms with E-state index in [1.807, 2.05) is 12.1 Å². The minimum absolute atomic E-state index is 0.126. The van der Waals surface area contributed by atoms with E-state index in [9.17, 15) is 15.0 Å². The van der Waals surface area contributed by atoms with Crippen LogP contribution in [0.2, 0.25) is 5.02 Å². The number of fused-ring (bicyclic) bond motifs is 2. The summed E-state index contributed by atoms with van der Waals surface area (Å²) >= 11 is 6.06. The Morgan fingerprint density at radius 2 is 1.90 bits per heavy atom. The van der Waals surface area contributed by atoms with Crippen molar-refractivity contribution in [2.75, 3.05) is 6.54 Å².